The Kier molecular flexibility index (Phi) is 7.63. The number of pyridine rings is 1. The van der Waals surface area contributed by atoms with E-state index in [0.717, 1.165) is 43.2 Å². The third kappa shape index (κ3) is 5.92. The number of nitrogens with zero attached hydrogens (tertiary/aromatic N) is 3. The second-order valence-electron chi connectivity index (χ2n) is 7.72. The largest absolute Gasteiger partial charge is 0.375 e. The Balaban J connectivity index is 1.63. The van der Waals surface area contributed by atoms with Gasteiger partial charge in [-0.15, -0.1) is 0 Å². The number of hydrogen-bond donors (Lipinski definition) is 2. The molecule has 6 nitrogen and oxygen atoms in total. The number of aliphatic imine (C=N–C) groups is 1. The number of halogens is 1. The molecule has 162 valence electrons. The van der Waals surface area contributed by atoms with E-state index in [9.17, 15) is 4.39 Å². The lowest BCUT2D eigenvalue weighted by atomic mass is 10.1. The number of nitrogens with one attached hydrogen (secondary N) is 2. The van der Waals surface area contributed by atoms with Crippen LogP contribution in [0.15, 0.2) is 41.5 Å². The van der Waals surface area contributed by atoms with Crippen molar-refractivity contribution in [2.75, 3.05) is 31.1 Å². The normalized spacial score (nSPS) is 18.2. The van der Waals surface area contributed by atoms with Gasteiger partial charge in [0.05, 0.1) is 25.3 Å². The van der Waals surface area contributed by atoms with Crippen molar-refractivity contribution in [3.63, 3.8) is 0 Å². The lowest BCUT2D eigenvalue weighted by Gasteiger charge is -2.32. The van der Waals surface area contributed by atoms with Crippen LogP contribution in [-0.2, 0) is 11.3 Å². The zero-order valence-corrected chi connectivity index (χ0v) is 18.3. The number of aromatic nitrogens is 1. The maximum Gasteiger partial charge on any atom is 0.192 e. The Bertz CT molecular complexity index is 855. The molecule has 1 aliphatic heterocycles. The molecule has 1 aliphatic rings. The lowest BCUT2D eigenvalue weighted by Crippen LogP contribution is -2.41. The molecule has 0 aliphatic carbocycles. The second-order valence-corrected chi connectivity index (χ2v) is 7.72. The predicted molar refractivity (Wildman–Crippen MR) is 119 cm³/mol. The SMILES string of the molecule is CCNC(=NCc1ccc(N2CCOC(C)C2)nc1)NC(C)c1ccc(C)c(F)c1. The van der Waals surface area contributed by atoms with Crippen molar-refractivity contribution in [2.45, 2.75) is 46.4 Å². The molecule has 2 aromatic rings. The number of guanidine groups is 1. The number of rotatable bonds is 6. The Labute approximate surface area is 178 Å². The van der Waals surface area contributed by atoms with E-state index in [4.69, 9.17) is 4.74 Å². The van der Waals surface area contributed by atoms with E-state index in [1.165, 1.54) is 0 Å². The van der Waals surface area contributed by atoms with E-state index in [1.807, 2.05) is 32.2 Å². The minimum absolute atomic E-state index is 0.0679. The minimum atomic E-state index is -0.191. The van der Waals surface area contributed by atoms with Gasteiger partial charge in [0.1, 0.15) is 11.6 Å². The summed E-state index contributed by atoms with van der Waals surface area (Å²) in [4.78, 5) is 11.5. The van der Waals surface area contributed by atoms with Crippen LogP contribution in [0.25, 0.3) is 0 Å². The zero-order valence-electron chi connectivity index (χ0n) is 18.3. The number of hydrogen-bond acceptors (Lipinski definition) is 4. The van der Waals surface area contributed by atoms with E-state index >= 15 is 0 Å². The van der Waals surface area contributed by atoms with Gasteiger partial charge in [-0.1, -0.05) is 18.2 Å². The molecular weight excluding hydrogens is 381 g/mol. The first-order valence-electron chi connectivity index (χ1n) is 10.6. The Morgan fingerprint density at radius 3 is 2.87 bits per heavy atom. The molecule has 1 aromatic carbocycles. The van der Waals surface area contributed by atoms with Crippen molar-refractivity contribution < 1.29 is 9.13 Å². The van der Waals surface area contributed by atoms with E-state index < -0.39 is 0 Å². The minimum Gasteiger partial charge on any atom is -0.375 e. The maximum atomic E-state index is 13.9. The molecule has 2 atom stereocenters. The molecular formula is C23H32FN5O. The van der Waals surface area contributed by atoms with Crippen LogP contribution in [0.4, 0.5) is 10.2 Å². The summed E-state index contributed by atoms with van der Waals surface area (Å²) in [6, 6.07) is 9.35. The molecule has 2 N–H and O–H groups in total. The molecule has 30 heavy (non-hydrogen) atoms. The molecule has 0 bridgehead atoms. The molecule has 0 radical (unpaired) electrons. The van der Waals surface area contributed by atoms with Gasteiger partial charge in [0.2, 0.25) is 0 Å². The summed E-state index contributed by atoms with van der Waals surface area (Å²) >= 11 is 0. The van der Waals surface area contributed by atoms with Gasteiger partial charge in [0.15, 0.2) is 5.96 Å². The molecule has 7 heteroatoms. The smallest absolute Gasteiger partial charge is 0.192 e. The van der Waals surface area contributed by atoms with Gasteiger partial charge in [-0.2, -0.15) is 0 Å². The molecule has 1 saturated heterocycles. The number of morpholine rings is 1. The van der Waals surface area contributed by atoms with E-state index in [1.54, 1.807) is 19.1 Å². The van der Waals surface area contributed by atoms with Crippen molar-refractivity contribution in [3.05, 3.63) is 59.0 Å². The summed E-state index contributed by atoms with van der Waals surface area (Å²) in [5, 5.41) is 6.60. The van der Waals surface area contributed by atoms with E-state index in [2.05, 4.69) is 38.5 Å². The average Bonchev–Trinajstić information content (AvgIpc) is 2.74. The van der Waals surface area contributed by atoms with Crippen LogP contribution in [0.2, 0.25) is 0 Å². The van der Waals surface area contributed by atoms with Crippen LogP contribution < -0.4 is 15.5 Å². The fourth-order valence-corrected chi connectivity index (χ4v) is 3.38. The van der Waals surface area contributed by atoms with Gasteiger partial charge < -0.3 is 20.3 Å². The fraction of sp³-hybridized carbons (Fsp3) is 0.478. The Morgan fingerprint density at radius 2 is 2.20 bits per heavy atom. The predicted octanol–water partition coefficient (Wildman–Crippen LogP) is 3.57. The van der Waals surface area contributed by atoms with Crippen LogP contribution in [0.1, 0.15) is 43.5 Å². The molecule has 2 heterocycles. The van der Waals surface area contributed by atoms with E-state index in [0.29, 0.717) is 18.1 Å². The zero-order chi connectivity index (χ0) is 21.5. The van der Waals surface area contributed by atoms with Gasteiger partial charge in [0, 0.05) is 25.8 Å². The number of ether oxygens (including phenoxy) is 1. The first-order valence-corrected chi connectivity index (χ1v) is 10.6. The molecule has 1 aromatic heterocycles. The third-order valence-corrected chi connectivity index (χ3v) is 5.19. The van der Waals surface area contributed by atoms with Crippen molar-refractivity contribution in [3.8, 4) is 0 Å². The molecule has 1 fully saturated rings. The average molecular weight is 414 g/mol. The van der Waals surface area contributed by atoms with Crippen LogP contribution in [-0.4, -0.2) is 43.3 Å². The molecule has 0 spiro atoms. The summed E-state index contributed by atoms with van der Waals surface area (Å²) in [7, 11) is 0. The fourth-order valence-electron chi connectivity index (χ4n) is 3.38. The van der Waals surface area contributed by atoms with Crippen LogP contribution in [0.3, 0.4) is 0 Å². The first kappa shape index (κ1) is 22.0. The number of anilines is 1. The summed E-state index contributed by atoms with van der Waals surface area (Å²) in [5.41, 5.74) is 2.56. The van der Waals surface area contributed by atoms with Crippen LogP contribution in [0, 0.1) is 12.7 Å². The summed E-state index contributed by atoms with van der Waals surface area (Å²) in [5.74, 6) is 1.47. The first-order chi connectivity index (χ1) is 14.5. The lowest BCUT2D eigenvalue weighted by molar-refractivity contribution is 0.0529. The summed E-state index contributed by atoms with van der Waals surface area (Å²) in [6.07, 6.45) is 2.10. The highest BCUT2D eigenvalue weighted by Gasteiger charge is 2.17. The number of benzene rings is 1. The van der Waals surface area contributed by atoms with E-state index in [-0.39, 0.29) is 18.0 Å². The highest BCUT2D eigenvalue weighted by Crippen LogP contribution is 2.17. The van der Waals surface area contributed by atoms with Gasteiger partial charge >= 0.3 is 0 Å². The molecule has 2 unspecified atom stereocenters. The quantitative estimate of drug-likeness (QED) is 0.560. The van der Waals surface area contributed by atoms with Crippen LogP contribution >= 0.6 is 0 Å². The topological polar surface area (TPSA) is 61.8 Å². The maximum absolute atomic E-state index is 13.9. The molecule has 0 saturated carbocycles. The van der Waals surface area contributed by atoms with Gasteiger partial charge in [0.25, 0.3) is 0 Å². The van der Waals surface area contributed by atoms with Gasteiger partial charge in [-0.05, 0) is 56.5 Å². The Morgan fingerprint density at radius 1 is 1.37 bits per heavy atom. The summed E-state index contributed by atoms with van der Waals surface area (Å²) < 4.78 is 19.5. The second kappa shape index (κ2) is 10.4. The monoisotopic (exact) mass is 413 g/mol. The molecule has 0 amide bonds. The highest BCUT2D eigenvalue weighted by molar-refractivity contribution is 5.80. The van der Waals surface area contributed by atoms with Gasteiger partial charge in [-0.3, -0.25) is 0 Å². The van der Waals surface area contributed by atoms with Crippen molar-refractivity contribution in [1.82, 2.24) is 15.6 Å². The highest BCUT2D eigenvalue weighted by atomic mass is 19.1. The van der Waals surface area contributed by atoms with Crippen molar-refractivity contribution >= 4 is 11.8 Å². The van der Waals surface area contributed by atoms with Crippen molar-refractivity contribution in [1.29, 1.82) is 0 Å². The van der Waals surface area contributed by atoms with Crippen molar-refractivity contribution in [2.24, 2.45) is 4.99 Å². The molecule has 3 rings (SSSR count). The van der Waals surface area contributed by atoms with Gasteiger partial charge in [-0.25, -0.2) is 14.4 Å². The Hall–Kier alpha value is -2.67. The van der Waals surface area contributed by atoms with Crippen LogP contribution in [0.5, 0.6) is 0 Å². The third-order valence-electron chi connectivity index (χ3n) is 5.19. The summed E-state index contributed by atoms with van der Waals surface area (Å²) in [6.45, 7) is 11.6. The standard InChI is InChI=1S/C23H32FN5O/c1-5-25-23(28-18(4)20-8-6-16(2)21(24)12-20)27-14-19-7-9-22(26-13-19)29-10-11-30-17(3)15-29/h6-9,12-13,17-18H,5,10-11,14-15H2,1-4H3,(H2,25,27,28). The number of aryl methyl sites for hydroxylation is 1.